The fraction of sp³-hybridized carbons (Fsp3) is 0.536. The highest BCUT2D eigenvalue weighted by molar-refractivity contribution is 7.89. The number of carbonyl (C=O) groups excluding carboxylic acids is 1. The lowest BCUT2D eigenvalue weighted by Crippen LogP contribution is -2.61. The third kappa shape index (κ3) is 5.76. The van der Waals surface area contributed by atoms with Crippen LogP contribution in [0, 0.1) is 0 Å². The van der Waals surface area contributed by atoms with E-state index in [0.29, 0.717) is 25.3 Å². The van der Waals surface area contributed by atoms with Gasteiger partial charge in [0.2, 0.25) is 15.9 Å². The number of amides is 1. The second kappa shape index (κ2) is 11.2. The number of β-amino-alcohol motifs (C(OH)–C–C–N with tert-alkyl or cyclic N) is 1. The van der Waals surface area contributed by atoms with Gasteiger partial charge in [-0.15, -0.1) is 0 Å². The lowest BCUT2D eigenvalue weighted by molar-refractivity contribution is -0.120. The van der Waals surface area contributed by atoms with Gasteiger partial charge in [0.05, 0.1) is 17.5 Å². The molecule has 2 aromatic carbocycles. The molecule has 1 amide bonds. The predicted molar refractivity (Wildman–Crippen MR) is 144 cm³/mol. The third-order valence-corrected chi connectivity index (χ3v) is 10.1. The smallest absolute Gasteiger partial charge is 0.243 e. The number of nitrogens with one attached hydrogen (secondary N) is 1. The average Bonchev–Trinajstić information content (AvgIpc) is 3.30. The van der Waals surface area contributed by atoms with Crippen LogP contribution in [0.5, 0.6) is 0 Å². The number of rotatable bonds is 7. The van der Waals surface area contributed by atoms with Gasteiger partial charge in [0.15, 0.2) is 0 Å². The number of likely N-dealkylation sites (tertiary alicyclic amines) is 2. The van der Waals surface area contributed by atoms with Crippen molar-refractivity contribution in [1.29, 1.82) is 0 Å². The van der Waals surface area contributed by atoms with Crippen molar-refractivity contribution in [2.24, 2.45) is 0 Å². The van der Waals surface area contributed by atoms with Gasteiger partial charge >= 0.3 is 0 Å². The van der Waals surface area contributed by atoms with Crippen molar-refractivity contribution in [3.8, 4) is 0 Å². The zero-order chi connectivity index (χ0) is 25.9. The van der Waals surface area contributed by atoms with Crippen LogP contribution >= 0.6 is 0 Å². The van der Waals surface area contributed by atoms with Gasteiger partial charge in [-0.2, -0.15) is 4.31 Å². The van der Waals surface area contributed by atoms with Crippen molar-refractivity contribution in [2.45, 2.75) is 61.6 Å². The van der Waals surface area contributed by atoms with E-state index in [-0.39, 0.29) is 22.9 Å². The Morgan fingerprint density at radius 1 is 0.946 bits per heavy atom. The maximum absolute atomic E-state index is 13.0. The zero-order valence-electron chi connectivity index (χ0n) is 21.4. The fourth-order valence-corrected chi connectivity index (χ4v) is 7.78. The topological polar surface area (TPSA) is 93.2 Å². The Morgan fingerprint density at radius 3 is 2.49 bits per heavy atom. The van der Waals surface area contributed by atoms with Gasteiger partial charge in [0.25, 0.3) is 0 Å². The Hall–Kier alpha value is -2.30. The number of sulfonamides is 1. The van der Waals surface area contributed by atoms with Crippen LogP contribution in [0.15, 0.2) is 59.5 Å². The molecule has 3 fully saturated rings. The molecule has 0 saturated carbocycles. The number of anilines is 1. The molecular formula is C28H38N4O4S. The van der Waals surface area contributed by atoms with E-state index < -0.39 is 16.1 Å². The summed E-state index contributed by atoms with van der Waals surface area (Å²) >= 11 is 0. The minimum Gasteiger partial charge on any atom is -0.390 e. The largest absolute Gasteiger partial charge is 0.390 e. The first kappa shape index (κ1) is 26.3. The SMILES string of the molecule is O=C(CN1CC[C@@]2(CCCN2Cc2ccccc2)[C@@H](O)C1)Nc1cccc(S(=O)(=O)N2CCCCC2)c1. The summed E-state index contributed by atoms with van der Waals surface area (Å²) in [7, 11) is -3.56. The molecule has 2 N–H and O–H groups in total. The number of nitrogens with zero attached hydrogens (tertiary/aromatic N) is 3. The average molecular weight is 527 g/mol. The minimum atomic E-state index is -3.56. The predicted octanol–water partition coefficient (Wildman–Crippen LogP) is 2.90. The highest BCUT2D eigenvalue weighted by Crippen LogP contribution is 2.39. The monoisotopic (exact) mass is 526 g/mol. The number of hydrogen-bond acceptors (Lipinski definition) is 6. The lowest BCUT2D eigenvalue weighted by Gasteiger charge is -2.48. The summed E-state index contributed by atoms with van der Waals surface area (Å²) in [5.74, 6) is -0.205. The quantitative estimate of drug-likeness (QED) is 0.576. The molecule has 8 nitrogen and oxygen atoms in total. The van der Waals surface area contributed by atoms with Gasteiger partial charge in [-0.3, -0.25) is 14.6 Å². The molecule has 0 unspecified atom stereocenters. The number of hydrogen-bond donors (Lipinski definition) is 2. The Kier molecular flexibility index (Phi) is 7.97. The summed E-state index contributed by atoms with van der Waals surface area (Å²) in [4.78, 5) is 17.5. The molecule has 5 rings (SSSR count). The van der Waals surface area contributed by atoms with Crippen LogP contribution in [0.2, 0.25) is 0 Å². The Bertz CT molecular complexity index is 1190. The van der Waals surface area contributed by atoms with Crippen molar-refractivity contribution in [3.63, 3.8) is 0 Å². The van der Waals surface area contributed by atoms with Crippen molar-refractivity contribution in [1.82, 2.24) is 14.1 Å². The van der Waals surface area contributed by atoms with Crippen LogP contribution in [0.3, 0.4) is 0 Å². The highest BCUT2D eigenvalue weighted by Gasteiger charge is 2.49. The molecule has 3 aliphatic heterocycles. The zero-order valence-corrected chi connectivity index (χ0v) is 22.2. The van der Waals surface area contributed by atoms with Crippen LogP contribution in [0.1, 0.15) is 44.1 Å². The molecule has 0 aromatic heterocycles. The molecule has 0 bridgehead atoms. The van der Waals surface area contributed by atoms with E-state index in [4.69, 9.17) is 0 Å². The van der Waals surface area contributed by atoms with E-state index in [0.717, 1.165) is 58.2 Å². The standard InChI is InChI=1S/C28H38N4O4S/c33-26-21-30(18-14-28(26)13-8-15-31(28)20-23-9-3-1-4-10-23)22-27(34)29-24-11-7-12-25(19-24)37(35,36)32-16-5-2-6-17-32/h1,3-4,7,9-12,19,26,33H,2,5-6,8,13-18,20-22H2,(H,29,34)/t26-,28-/m0/s1. The third-order valence-electron chi connectivity index (χ3n) is 8.23. The maximum Gasteiger partial charge on any atom is 0.243 e. The molecule has 2 atom stereocenters. The fourth-order valence-electron chi connectivity index (χ4n) is 6.22. The molecule has 200 valence electrons. The second-order valence-electron chi connectivity index (χ2n) is 10.7. The van der Waals surface area contributed by atoms with Gasteiger partial charge in [-0.25, -0.2) is 8.42 Å². The van der Waals surface area contributed by atoms with Gasteiger partial charge in [-0.05, 0) is 62.4 Å². The molecule has 1 spiro atoms. The minimum absolute atomic E-state index is 0.162. The first-order valence-corrected chi connectivity index (χ1v) is 14.9. The van der Waals surface area contributed by atoms with Crippen LogP contribution in [0.4, 0.5) is 5.69 Å². The van der Waals surface area contributed by atoms with Gasteiger partial charge in [0, 0.05) is 44.0 Å². The highest BCUT2D eigenvalue weighted by atomic mass is 32.2. The Balaban J connectivity index is 1.18. The van der Waals surface area contributed by atoms with Gasteiger partial charge in [-0.1, -0.05) is 42.8 Å². The van der Waals surface area contributed by atoms with E-state index >= 15 is 0 Å². The van der Waals surface area contributed by atoms with E-state index in [1.54, 1.807) is 24.3 Å². The number of piperidine rings is 2. The summed E-state index contributed by atoms with van der Waals surface area (Å²) in [6, 6.07) is 16.9. The summed E-state index contributed by atoms with van der Waals surface area (Å²) in [6.45, 7) is 4.23. The first-order chi connectivity index (χ1) is 17.9. The Labute approximate surface area is 220 Å². The molecule has 3 saturated heterocycles. The van der Waals surface area contributed by atoms with Crippen molar-refractivity contribution < 1.29 is 18.3 Å². The van der Waals surface area contributed by atoms with Crippen molar-refractivity contribution in [3.05, 3.63) is 60.2 Å². The van der Waals surface area contributed by atoms with Gasteiger partial charge < -0.3 is 10.4 Å². The number of aliphatic hydroxyl groups excluding tert-OH is 1. The summed E-state index contributed by atoms with van der Waals surface area (Å²) in [6.07, 6.45) is 5.14. The lowest BCUT2D eigenvalue weighted by atomic mass is 9.82. The Morgan fingerprint density at radius 2 is 1.73 bits per heavy atom. The molecule has 37 heavy (non-hydrogen) atoms. The molecular weight excluding hydrogens is 488 g/mol. The van der Waals surface area contributed by atoms with Crippen molar-refractivity contribution >= 4 is 21.6 Å². The molecule has 0 radical (unpaired) electrons. The van der Waals surface area contributed by atoms with Crippen LogP contribution in [0.25, 0.3) is 0 Å². The molecule has 3 aliphatic rings. The molecule has 3 heterocycles. The normalized spacial score (nSPS) is 25.9. The van der Waals surface area contributed by atoms with E-state index in [2.05, 4.69) is 34.5 Å². The summed E-state index contributed by atoms with van der Waals surface area (Å²) in [5, 5.41) is 14.1. The second-order valence-corrected chi connectivity index (χ2v) is 12.6. The van der Waals surface area contributed by atoms with Crippen LogP contribution < -0.4 is 5.32 Å². The van der Waals surface area contributed by atoms with Crippen LogP contribution in [-0.4, -0.2) is 84.4 Å². The first-order valence-electron chi connectivity index (χ1n) is 13.5. The van der Waals surface area contributed by atoms with Gasteiger partial charge in [0.1, 0.15) is 0 Å². The number of aliphatic hydroxyl groups is 1. The molecule has 2 aromatic rings. The van der Waals surface area contributed by atoms with E-state index in [9.17, 15) is 18.3 Å². The number of benzene rings is 2. The summed E-state index contributed by atoms with van der Waals surface area (Å²) < 4.78 is 27.6. The summed E-state index contributed by atoms with van der Waals surface area (Å²) in [5.41, 5.74) is 1.49. The number of carbonyl (C=O) groups is 1. The van der Waals surface area contributed by atoms with Crippen LogP contribution in [-0.2, 0) is 21.4 Å². The maximum atomic E-state index is 13.0. The molecule has 9 heteroatoms. The van der Waals surface area contributed by atoms with E-state index in [1.165, 1.54) is 9.87 Å². The van der Waals surface area contributed by atoms with Crippen molar-refractivity contribution in [2.75, 3.05) is 44.6 Å². The van der Waals surface area contributed by atoms with E-state index in [1.807, 2.05) is 11.0 Å². The molecule has 0 aliphatic carbocycles.